The predicted molar refractivity (Wildman–Crippen MR) is 75.3 cm³/mol. The Hall–Kier alpha value is -2.80. The lowest BCUT2D eigenvalue weighted by Gasteiger charge is -2.07. The van der Waals surface area contributed by atoms with E-state index in [0.717, 1.165) is 11.3 Å². The first kappa shape index (κ1) is 13.6. The topological polar surface area (TPSA) is 62.1 Å². The molecule has 100 valence electrons. The van der Waals surface area contributed by atoms with Gasteiger partial charge >= 0.3 is 0 Å². The van der Waals surface area contributed by atoms with Crippen LogP contribution < -0.4 is 10.1 Å². The van der Waals surface area contributed by atoms with Crippen molar-refractivity contribution in [1.29, 1.82) is 5.26 Å². The summed E-state index contributed by atoms with van der Waals surface area (Å²) < 4.78 is 5.13. The molecule has 20 heavy (non-hydrogen) atoms. The lowest BCUT2D eigenvalue weighted by Crippen LogP contribution is -2.22. The Bertz CT molecular complexity index is 660. The summed E-state index contributed by atoms with van der Waals surface area (Å²) in [6.07, 6.45) is 0. The van der Waals surface area contributed by atoms with E-state index in [0.29, 0.717) is 17.7 Å². The van der Waals surface area contributed by atoms with Crippen molar-refractivity contribution >= 4 is 5.91 Å². The molecular weight excluding hydrogens is 252 g/mol. The van der Waals surface area contributed by atoms with Gasteiger partial charge in [-0.3, -0.25) is 4.79 Å². The van der Waals surface area contributed by atoms with Crippen LogP contribution in [0.2, 0.25) is 0 Å². The van der Waals surface area contributed by atoms with E-state index in [1.807, 2.05) is 30.3 Å². The van der Waals surface area contributed by atoms with E-state index < -0.39 is 0 Å². The highest BCUT2D eigenvalue weighted by Gasteiger charge is 2.06. The third-order valence-electron chi connectivity index (χ3n) is 2.84. The van der Waals surface area contributed by atoms with Crippen molar-refractivity contribution in [2.45, 2.75) is 6.54 Å². The second-order valence-electron chi connectivity index (χ2n) is 4.23. The monoisotopic (exact) mass is 266 g/mol. The molecule has 0 saturated heterocycles. The van der Waals surface area contributed by atoms with Gasteiger partial charge in [-0.2, -0.15) is 5.26 Å². The molecule has 0 bridgehead atoms. The van der Waals surface area contributed by atoms with E-state index in [2.05, 4.69) is 5.32 Å². The number of rotatable bonds is 4. The predicted octanol–water partition coefficient (Wildman–Crippen LogP) is 2.50. The quantitative estimate of drug-likeness (QED) is 0.924. The number of carbonyl (C=O) groups excluding carboxylic acids is 1. The molecule has 0 saturated carbocycles. The zero-order valence-corrected chi connectivity index (χ0v) is 11.1. The molecule has 0 radical (unpaired) electrons. The molecule has 0 aliphatic heterocycles. The van der Waals surface area contributed by atoms with Gasteiger partial charge in [0.1, 0.15) is 5.75 Å². The second kappa shape index (κ2) is 6.39. The molecule has 1 N–H and O–H groups in total. The van der Waals surface area contributed by atoms with Crippen molar-refractivity contribution < 1.29 is 9.53 Å². The van der Waals surface area contributed by atoms with Crippen LogP contribution in [0.25, 0.3) is 0 Å². The first-order valence-corrected chi connectivity index (χ1v) is 6.14. The van der Waals surface area contributed by atoms with Crippen LogP contribution in [0.4, 0.5) is 0 Å². The average molecular weight is 266 g/mol. The Morgan fingerprint density at radius 2 is 2.05 bits per heavy atom. The Kier molecular flexibility index (Phi) is 4.35. The van der Waals surface area contributed by atoms with Crippen LogP contribution in [0.5, 0.6) is 5.75 Å². The van der Waals surface area contributed by atoms with Gasteiger partial charge in [-0.25, -0.2) is 0 Å². The van der Waals surface area contributed by atoms with Crippen molar-refractivity contribution in [3.05, 3.63) is 65.2 Å². The largest absolute Gasteiger partial charge is 0.497 e. The van der Waals surface area contributed by atoms with Crippen LogP contribution in [0.3, 0.4) is 0 Å². The standard InChI is InChI=1S/C16H14N2O2/c1-20-15-7-3-5-13(9-15)11-18-16(19)14-6-2-4-12(8-14)10-17/h2-9H,11H2,1H3,(H,18,19). The molecule has 0 aliphatic carbocycles. The first-order chi connectivity index (χ1) is 9.72. The molecule has 0 fully saturated rings. The Balaban J connectivity index is 2.03. The normalized spacial score (nSPS) is 9.60. The number of carbonyl (C=O) groups is 1. The lowest BCUT2D eigenvalue weighted by molar-refractivity contribution is 0.0951. The third kappa shape index (κ3) is 3.36. The number of amides is 1. The molecular formula is C16H14N2O2. The summed E-state index contributed by atoms with van der Waals surface area (Å²) in [7, 11) is 1.60. The summed E-state index contributed by atoms with van der Waals surface area (Å²) in [6, 6.07) is 16.1. The zero-order valence-electron chi connectivity index (χ0n) is 11.1. The number of ether oxygens (including phenoxy) is 1. The number of nitriles is 1. The fraction of sp³-hybridized carbons (Fsp3) is 0.125. The molecule has 2 aromatic carbocycles. The first-order valence-electron chi connectivity index (χ1n) is 6.14. The van der Waals surface area contributed by atoms with E-state index in [1.165, 1.54) is 0 Å². The van der Waals surface area contributed by atoms with Gasteiger partial charge in [0.25, 0.3) is 5.91 Å². The molecule has 0 unspecified atom stereocenters. The summed E-state index contributed by atoms with van der Waals surface area (Å²) >= 11 is 0. The number of hydrogen-bond acceptors (Lipinski definition) is 3. The molecule has 0 aliphatic rings. The summed E-state index contributed by atoms with van der Waals surface area (Å²) in [5, 5.41) is 11.6. The number of nitrogens with one attached hydrogen (secondary N) is 1. The van der Waals surface area contributed by atoms with Gasteiger partial charge in [-0.1, -0.05) is 18.2 Å². The van der Waals surface area contributed by atoms with Gasteiger partial charge in [0.15, 0.2) is 0 Å². The van der Waals surface area contributed by atoms with Crippen molar-refractivity contribution in [2.75, 3.05) is 7.11 Å². The van der Waals surface area contributed by atoms with Crippen molar-refractivity contribution in [2.24, 2.45) is 0 Å². The smallest absolute Gasteiger partial charge is 0.251 e. The fourth-order valence-electron chi connectivity index (χ4n) is 1.80. The molecule has 0 heterocycles. The Morgan fingerprint density at radius 3 is 2.80 bits per heavy atom. The number of hydrogen-bond donors (Lipinski definition) is 1. The fourth-order valence-corrected chi connectivity index (χ4v) is 1.80. The maximum Gasteiger partial charge on any atom is 0.251 e. The molecule has 0 spiro atoms. The number of methoxy groups -OCH3 is 1. The number of nitrogens with zero attached hydrogens (tertiary/aromatic N) is 1. The highest BCUT2D eigenvalue weighted by molar-refractivity contribution is 5.94. The van der Waals surface area contributed by atoms with Gasteiger partial charge in [0.2, 0.25) is 0 Å². The highest BCUT2D eigenvalue weighted by Crippen LogP contribution is 2.12. The van der Waals surface area contributed by atoms with E-state index in [-0.39, 0.29) is 5.91 Å². The molecule has 4 nitrogen and oxygen atoms in total. The second-order valence-corrected chi connectivity index (χ2v) is 4.23. The molecule has 0 atom stereocenters. The Labute approximate surface area is 117 Å². The van der Waals surface area contributed by atoms with Gasteiger partial charge in [0.05, 0.1) is 18.7 Å². The molecule has 2 aromatic rings. The minimum absolute atomic E-state index is 0.204. The van der Waals surface area contributed by atoms with Gasteiger partial charge < -0.3 is 10.1 Å². The maximum atomic E-state index is 12.0. The van der Waals surface area contributed by atoms with Crippen molar-refractivity contribution in [1.82, 2.24) is 5.32 Å². The maximum absolute atomic E-state index is 12.0. The molecule has 0 aromatic heterocycles. The minimum atomic E-state index is -0.204. The number of benzene rings is 2. The summed E-state index contributed by atoms with van der Waals surface area (Å²) in [5.74, 6) is 0.549. The van der Waals surface area contributed by atoms with E-state index in [4.69, 9.17) is 10.00 Å². The highest BCUT2D eigenvalue weighted by atomic mass is 16.5. The molecule has 1 amide bonds. The van der Waals surface area contributed by atoms with Crippen LogP contribution >= 0.6 is 0 Å². The summed E-state index contributed by atoms with van der Waals surface area (Å²) in [4.78, 5) is 12.0. The van der Waals surface area contributed by atoms with Crippen LogP contribution in [-0.4, -0.2) is 13.0 Å². The SMILES string of the molecule is COc1cccc(CNC(=O)c2cccc(C#N)c2)c1. The van der Waals surface area contributed by atoms with Crippen LogP contribution in [-0.2, 0) is 6.54 Å². The Morgan fingerprint density at radius 1 is 1.25 bits per heavy atom. The van der Waals surface area contributed by atoms with Crippen LogP contribution in [0, 0.1) is 11.3 Å². The summed E-state index contributed by atoms with van der Waals surface area (Å²) in [5.41, 5.74) is 1.90. The van der Waals surface area contributed by atoms with Crippen LogP contribution in [0.15, 0.2) is 48.5 Å². The average Bonchev–Trinajstić information content (AvgIpc) is 2.52. The van der Waals surface area contributed by atoms with Crippen molar-refractivity contribution in [3.63, 3.8) is 0 Å². The lowest BCUT2D eigenvalue weighted by atomic mass is 10.1. The van der Waals surface area contributed by atoms with Crippen molar-refractivity contribution in [3.8, 4) is 11.8 Å². The van der Waals surface area contributed by atoms with Gasteiger partial charge in [-0.05, 0) is 35.9 Å². The molecule has 4 heteroatoms. The summed E-state index contributed by atoms with van der Waals surface area (Å²) in [6.45, 7) is 0.410. The van der Waals surface area contributed by atoms with Crippen LogP contribution in [0.1, 0.15) is 21.5 Å². The van der Waals surface area contributed by atoms with Gasteiger partial charge in [0, 0.05) is 12.1 Å². The zero-order chi connectivity index (χ0) is 14.4. The van der Waals surface area contributed by atoms with Gasteiger partial charge in [-0.15, -0.1) is 0 Å². The third-order valence-corrected chi connectivity index (χ3v) is 2.84. The van der Waals surface area contributed by atoms with E-state index >= 15 is 0 Å². The van der Waals surface area contributed by atoms with E-state index in [9.17, 15) is 4.79 Å². The molecule has 2 rings (SSSR count). The van der Waals surface area contributed by atoms with E-state index in [1.54, 1.807) is 31.4 Å². The minimum Gasteiger partial charge on any atom is -0.497 e.